The summed E-state index contributed by atoms with van der Waals surface area (Å²) >= 11 is 0. The third kappa shape index (κ3) is 2.88. The molecule has 2 saturated carbocycles. The minimum atomic E-state index is -0.0548. The van der Waals surface area contributed by atoms with Gasteiger partial charge in [-0.05, 0) is 37.3 Å². The van der Waals surface area contributed by atoms with Gasteiger partial charge in [-0.25, -0.2) is 0 Å². The van der Waals surface area contributed by atoms with Crippen molar-refractivity contribution in [2.75, 3.05) is 44.7 Å². The monoisotopic (exact) mass is 440 g/mol. The number of anilines is 1. The van der Waals surface area contributed by atoms with Gasteiger partial charge in [0.25, 0.3) is 0 Å². The van der Waals surface area contributed by atoms with E-state index in [2.05, 4.69) is 35.8 Å². The summed E-state index contributed by atoms with van der Waals surface area (Å²) in [6, 6.07) is 8.22. The fourth-order valence-corrected chi connectivity index (χ4v) is 7.78. The Labute approximate surface area is 191 Å². The number of hydrogen-bond acceptors (Lipinski definition) is 6. The number of benzene rings is 1. The van der Waals surface area contributed by atoms with Crippen molar-refractivity contribution in [2.45, 2.75) is 57.3 Å². The first kappa shape index (κ1) is 20.8. The number of rotatable bonds is 4. The van der Waals surface area contributed by atoms with Crippen LogP contribution in [0.25, 0.3) is 0 Å². The number of para-hydroxylation sites is 2. The van der Waals surface area contributed by atoms with E-state index in [1.807, 2.05) is 12.1 Å². The topological polar surface area (TPSA) is 54.5 Å². The van der Waals surface area contributed by atoms with E-state index < -0.39 is 0 Å². The number of ether oxygens (including phenoxy) is 3. The van der Waals surface area contributed by atoms with Gasteiger partial charge in [-0.2, -0.15) is 0 Å². The van der Waals surface area contributed by atoms with Crippen LogP contribution in [0.3, 0.4) is 0 Å². The summed E-state index contributed by atoms with van der Waals surface area (Å²) in [5.74, 6) is 1.68. The van der Waals surface area contributed by atoms with Crippen LogP contribution in [0.1, 0.15) is 39.5 Å². The molecule has 0 radical (unpaired) electrons. The lowest BCUT2D eigenvalue weighted by Gasteiger charge is -2.49. The third-order valence-electron chi connectivity index (χ3n) is 9.45. The minimum absolute atomic E-state index is 0.00714. The van der Waals surface area contributed by atoms with Crippen molar-refractivity contribution in [1.29, 1.82) is 0 Å². The number of carbonyl (C=O) groups excluding carboxylic acids is 1. The number of hydrogen-bond donors (Lipinski definition) is 0. The van der Waals surface area contributed by atoms with Gasteiger partial charge < -0.3 is 19.1 Å². The molecule has 0 N–H and O–H groups in total. The summed E-state index contributed by atoms with van der Waals surface area (Å²) < 4.78 is 18.2. The number of esters is 1. The van der Waals surface area contributed by atoms with Crippen LogP contribution in [-0.4, -0.2) is 68.5 Å². The van der Waals surface area contributed by atoms with Gasteiger partial charge in [-0.15, -0.1) is 0 Å². The van der Waals surface area contributed by atoms with Crippen LogP contribution < -0.4 is 9.64 Å². The summed E-state index contributed by atoms with van der Waals surface area (Å²) in [5, 5.41) is 0. The van der Waals surface area contributed by atoms with Crippen LogP contribution >= 0.6 is 0 Å². The second-order valence-corrected chi connectivity index (χ2v) is 11.0. The van der Waals surface area contributed by atoms with E-state index in [4.69, 9.17) is 14.2 Å². The van der Waals surface area contributed by atoms with Gasteiger partial charge >= 0.3 is 5.97 Å². The highest BCUT2D eigenvalue weighted by Gasteiger charge is 2.78. The first-order valence-electron chi connectivity index (χ1n) is 12.5. The molecule has 7 atom stereocenters. The molecule has 32 heavy (non-hydrogen) atoms. The minimum Gasteiger partial charge on any atom is -0.495 e. The lowest BCUT2D eigenvalue weighted by atomic mass is 9.53. The molecule has 5 fully saturated rings. The Hall–Kier alpha value is -1.79. The van der Waals surface area contributed by atoms with E-state index in [1.54, 1.807) is 7.11 Å². The van der Waals surface area contributed by atoms with E-state index in [1.165, 1.54) is 19.3 Å². The van der Waals surface area contributed by atoms with Gasteiger partial charge in [0.05, 0.1) is 24.8 Å². The Balaban J connectivity index is 1.14. The molecular formula is C26H36N2O4. The molecule has 1 aromatic rings. The van der Waals surface area contributed by atoms with Crippen LogP contribution in [0.4, 0.5) is 5.69 Å². The quantitative estimate of drug-likeness (QED) is 0.529. The van der Waals surface area contributed by atoms with Gasteiger partial charge in [0.1, 0.15) is 17.5 Å². The lowest BCUT2D eigenvalue weighted by molar-refractivity contribution is -0.146. The summed E-state index contributed by atoms with van der Waals surface area (Å²) in [6.45, 7) is 9.32. The summed E-state index contributed by atoms with van der Waals surface area (Å²) in [5.41, 5.74) is 1.30. The summed E-state index contributed by atoms with van der Waals surface area (Å²) in [7, 11) is 1.73. The fourth-order valence-electron chi connectivity index (χ4n) is 7.78. The van der Waals surface area contributed by atoms with E-state index in [-0.39, 0.29) is 41.0 Å². The van der Waals surface area contributed by atoms with Crippen molar-refractivity contribution < 1.29 is 19.0 Å². The maximum absolute atomic E-state index is 13.0. The van der Waals surface area contributed by atoms with E-state index >= 15 is 0 Å². The van der Waals surface area contributed by atoms with Gasteiger partial charge in [-0.1, -0.05) is 32.4 Å². The molecule has 3 heterocycles. The predicted octanol–water partition coefficient (Wildman–Crippen LogP) is 3.34. The normalized spacial score (nSPS) is 43.2. The van der Waals surface area contributed by atoms with Crippen molar-refractivity contribution in [3.63, 3.8) is 0 Å². The first-order valence-corrected chi connectivity index (χ1v) is 12.5. The molecule has 3 saturated heterocycles. The van der Waals surface area contributed by atoms with Gasteiger partial charge in [0, 0.05) is 44.1 Å². The molecule has 0 bridgehead atoms. The van der Waals surface area contributed by atoms with Crippen LogP contribution in [0.5, 0.6) is 5.75 Å². The Morgan fingerprint density at radius 2 is 1.97 bits per heavy atom. The van der Waals surface area contributed by atoms with Crippen molar-refractivity contribution >= 4 is 11.7 Å². The molecule has 174 valence electrons. The average molecular weight is 441 g/mol. The van der Waals surface area contributed by atoms with E-state index in [0.29, 0.717) is 5.92 Å². The molecule has 1 spiro atoms. The van der Waals surface area contributed by atoms with Gasteiger partial charge in [-0.3, -0.25) is 9.69 Å². The average Bonchev–Trinajstić information content (AvgIpc) is 3.48. The zero-order valence-electron chi connectivity index (χ0n) is 19.6. The summed E-state index contributed by atoms with van der Waals surface area (Å²) in [4.78, 5) is 17.8. The molecule has 6 rings (SSSR count). The van der Waals surface area contributed by atoms with Crippen molar-refractivity contribution in [3.05, 3.63) is 24.3 Å². The van der Waals surface area contributed by atoms with Crippen LogP contribution in [0.15, 0.2) is 24.3 Å². The molecule has 0 aromatic heterocycles. The molecule has 2 aliphatic carbocycles. The zero-order chi connectivity index (χ0) is 22.1. The van der Waals surface area contributed by atoms with Crippen molar-refractivity contribution in [1.82, 2.24) is 4.90 Å². The lowest BCUT2D eigenvalue weighted by Crippen LogP contribution is -2.55. The molecule has 1 unspecified atom stereocenters. The maximum atomic E-state index is 13.0. The highest BCUT2D eigenvalue weighted by atomic mass is 16.6. The van der Waals surface area contributed by atoms with E-state index in [0.717, 1.165) is 50.6 Å². The van der Waals surface area contributed by atoms with Crippen LogP contribution in [0, 0.1) is 23.2 Å². The van der Waals surface area contributed by atoms with Crippen LogP contribution in [-0.2, 0) is 14.3 Å². The zero-order valence-corrected chi connectivity index (χ0v) is 19.6. The molecule has 0 amide bonds. The highest BCUT2D eigenvalue weighted by molar-refractivity contribution is 5.76. The molecule has 1 aromatic carbocycles. The smallest absolute Gasteiger partial charge is 0.311 e. The van der Waals surface area contributed by atoms with Crippen molar-refractivity contribution in [2.24, 2.45) is 23.2 Å². The van der Waals surface area contributed by atoms with Crippen LogP contribution in [0.2, 0.25) is 0 Å². The molecule has 6 nitrogen and oxygen atoms in total. The van der Waals surface area contributed by atoms with Gasteiger partial charge in [0.15, 0.2) is 0 Å². The Kier molecular flexibility index (Phi) is 4.78. The Morgan fingerprint density at radius 1 is 1.19 bits per heavy atom. The van der Waals surface area contributed by atoms with Gasteiger partial charge in [0.2, 0.25) is 0 Å². The molecule has 5 aliphatic rings. The number of nitrogens with zero attached hydrogens (tertiary/aromatic N) is 2. The number of methoxy groups -OCH3 is 1. The molecule has 3 aliphatic heterocycles. The largest absolute Gasteiger partial charge is 0.495 e. The molecule has 6 heteroatoms. The maximum Gasteiger partial charge on any atom is 0.311 e. The Bertz CT molecular complexity index is 900. The highest BCUT2D eigenvalue weighted by Crippen LogP contribution is 2.70. The second-order valence-electron chi connectivity index (χ2n) is 11.0. The van der Waals surface area contributed by atoms with Crippen molar-refractivity contribution in [3.8, 4) is 5.75 Å². The Morgan fingerprint density at radius 3 is 2.75 bits per heavy atom. The first-order chi connectivity index (χ1) is 15.5. The number of epoxide rings is 1. The number of fused-ring (bicyclic) bond motifs is 2. The molecular weight excluding hydrogens is 404 g/mol. The SMILES string of the molecule is COc1ccccc1N1CCN(CC2C(=O)O[C@@H]3C[C@@]4(C)CCC[C@H](C)[C@@]45O[C@H]5[C@H]23)CC1. The van der Waals surface area contributed by atoms with E-state index in [9.17, 15) is 4.79 Å². The number of piperazine rings is 1. The third-order valence-corrected chi connectivity index (χ3v) is 9.45. The standard InChI is InChI=1S/C26H36N2O4/c1-17-7-6-10-25(2)15-21-22(23-26(17,25)32-23)18(24(29)31-21)16-27-11-13-28(14-12-27)19-8-4-5-9-20(19)30-3/h4-5,8-9,17-18,21-23H,6-7,10-16H2,1-3H3/t17-,18?,21+,22+,23-,25+,26-/m0/s1. The predicted molar refractivity (Wildman–Crippen MR) is 122 cm³/mol. The second kappa shape index (κ2) is 7.36. The number of carbonyl (C=O) groups is 1. The summed E-state index contributed by atoms with van der Waals surface area (Å²) in [6.07, 6.45) is 4.92. The fraction of sp³-hybridized carbons (Fsp3) is 0.731.